The summed E-state index contributed by atoms with van der Waals surface area (Å²) in [6.45, 7) is 2.27. The molecule has 1 N–H and O–H groups in total. The standard InChI is InChI=1S/C19H27N3O5S/c23-18(20-15-8-12-21(13-9-15)19(24)14-4-5-14)16-6-7-17(27-16)28(25,26)22-10-2-1-3-11-22/h6-7,14-15H,1-5,8-13H2,(H,20,23). The van der Waals surface area contributed by atoms with Crippen molar-refractivity contribution in [2.45, 2.75) is 56.1 Å². The summed E-state index contributed by atoms with van der Waals surface area (Å²) in [6, 6.07) is 2.73. The molecule has 28 heavy (non-hydrogen) atoms. The summed E-state index contributed by atoms with van der Waals surface area (Å²) >= 11 is 0. The van der Waals surface area contributed by atoms with Crippen LogP contribution in [-0.4, -0.2) is 61.7 Å². The van der Waals surface area contributed by atoms with Crippen LogP contribution in [0.5, 0.6) is 0 Å². The molecule has 1 aromatic heterocycles. The van der Waals surface area contributed by atoms with E-state index in [0.717, 1.165) is 32.1 Å². The highest BCUT2D eigenvalue weighted by molar-refractivity contribution is 7.89. The smallest absolute Gasteiger partial charge is 0.287 e. The second-order valence-electron chi connectivity index (χ2n) is 7.93. The van der Waals surface area contributed by atoms with Gasteiger partial charge in [0.25, 0.3) is 15.9 Å². The summed E-state index contributed by atoms with van der Waals surface area (Å²) in [5, 5.41) is 2.73. The zero-order valence-electron chi connectivity index (χ0n) is 15.9. The maximum atomic E-state index is 12.6. The van der Waals surface area contributed by atoms with Gasteiger partial charge in [-0.2, -0.15) is 4.31 Å². The van der Waals surface area contributed by atoms with Crippen LogP contribution in [0, 0.1) is 5.92 Å². The average Bonchev–Trinajstić information content (AvgIpc) is 3.44. The molecule has 154 valence electrons. The third-order valence-electron chi connectivity index (χ3n) is 5.78. The summed E-state index contributed by atoms with van der Waals surface area (Å²) in [5.41, 5.74) is 0. The van der Waals surface area contributed by atoms with Gasteiger partial charge in [0.15, 0.2) is 5.76 Å². The van der Waals surface area contributed by atoms with E-state index in [4.69, 9.17) is 4.42 Å². The normalized spacial score (nSPS) is 22.2. The van der Waals surface area contributed by atoms with E-state index in [1.807, 2.05) is 4.90 Å². The molecule has 1 aliphatic carbocycles. The minimum atomic E-state index is -3.68. The van der Waals surface area contributed by atoms with Gasteiger partial charge in [0, 0.05) is 38.1 Å². The van der Waals surface area contributed by atoms with E-state index in [9.17, 15) is 18.0 Å². The molecular formula is C19H27N3O5S. The lowest BCUT2D eigenvalue weighted by Crippen LogP contribution is -2.46. The van der Waals surface area contributed by atoms with Crippen LogP contribution in [0.2, 0.25) is 0 Å². The van der Waals surface area contributed by atoms with Gasteiger partial charge in [-0.1, -0.05) is 6.42 Å². The highest BCUT2D eigenvalue weighted by Crippen LogP contribution is 2.32. The lowest BCUT2D eigenvalue weighted by Gasteiger charge is -2.32. The fourth-order valence-electron chi connectivity index (χ4n) is 3.90. The molecule has 2 amide bonds. The molecule has 8 nitrogen and oxygen atoms in total. The first-order valence-electron chi connectivity index (χ1n) is 10.1. The Kier molecular flexibility index (Phi) is 5.46. The molecule has 0 bridgehead atoms. The third kappa shape index (κ3) is 4.10. The Morgan fingerprint density at radius 2 is 1.64 bits per heavy atom. The fourth-order valence-corrected chi connectivity index (χ4v) is 5.33. The largest absolute Gasteiger partial charge is 0.438 e. The topological polar surface area (TPSA) is 99.9 Å². The minimum absolute atomic E-state index is 0.00655. The number of piperidine rings is 2. The first-order chi connectivity index (χ1) is 13.4. The molecule has 3 heterocycles. The number of rotatable bonds is 5. The highest BCUT2D eigenvalue weighted by atomic mass is 32.2. The van der Waals surface area contributed by atoms with Crippen LogP contribution < -0.4 is 5.32 Å². The lowest BCUT2D eigenvalue weighted by atomic mass is 10.0. The average molecular weight is 410 g/mol. The number of furan rings is 1. The van der Waals surface area contributed by atoms with E-state index in [2.05, 4.69) is 5.32 Å². The van der Waals surface area contributed by atoms with E-state index in [-0.39, 0.29) is 28.7 Å². The number of nitrogens with one attached hydrogen (secondary N) is 1. The van der Waals surface area contributed by atoms with Crippen molar-refractivity contribution in [3.8, 4) is 0 Å². The van der Waals surface area contributed by atoms with Crippen LogP contribution in [0.4, 0.5) is 0 Å². The summed E-state index contributed by atoms with van der Waals surface area (Å²) in [5.74, 6) is 0.0528. The van der Waals surface area contributed by atoms with E-state index in [1.165, 1.54) is 16.4 Å². The maximum Gasteiger partial charge on any atom is 0.287 e. The molecular weight excluding hydrogens is 382 g/mol. The first-order valence-corrected chi connectivity index (χ1v) is 11.6. The summed E-state index contributed by atoms with van der Waals surface area (Å²) in [4.78, 5) is 26.5. The number of sulfonamides is 1. The molecule has 0 atom stereocenters. The van der Waals surface area contributed by atoms with Crippen LogP contribution in [0.25, 0.3) is 0 Å². The van der Waals surface area contributed by atoms with Crippen molar-refractivity contribution in [1.82, 2.24) is 14.5 Å². The number of carbonyl (C=O) groups is 2. The molecule has 0 aromatic carbocycles. The molecule has 3 aliphatic rings. The monoisotopic (exact) mass is 409 g/mol. The van der Waals surface area contributed by atoms with Gasteiger partial charge in [0.1, 0.15) is 0 Å². The van der Waals surface area contributed by atoms with Crippen LogP contribution in [0.1, 0.15) is 55.5 Å². The SMILES string of the molecule is O=C(NC1CCN(C(=O)C2CC2)CC1)c1ccc(S(=O)(=O)N2CCCCC2)o1. The predicted octanol–water partition coefficient (Wildman–Crippen LogP) is 1.58. The quantitative estimate of drug-likeness (QED) is 0.796. The zero-order chi connectivity index (χ0) is 19.7. The van der Waals surface area contributed by atoms with Crippen molar-refractivity contribution in [1.29, 1.82) is 0 Å². The number of hydrogen-bond donors (Lipinski definition) is 1. The van der Waals surface area contributed by atoms with E-state index >= 15 is 0 Å². The van der Waals surface area contributed by atoms with Gasteiger partial charge in [-0.15, -0.1) is 0 Å². The van der Waals surface area contributed by atoms with Gasteiger partial charge >= 0.3 is 0 Å². The Morgan fingerprint density at radius 3 is 2.29 bits per heavy atom. The Bertz CT molecular complexity index is 832. The molecule has 2 saturated heterocycles. The predicted molar refractivity (Wildman–Crippen MR) is 101 cm³/mol. The van der Waals surface area contributed by atoms with Crippen LogP contribution in [0.3, 0.4) is 0 Å². The number of likely N-dealkylation sites (tertiary alicyclic amines) is 1. The fraction of sp³-hybridized carbons (Fsp3) is 0.684. The van der Waals surface area contributed by atoms with Gasteiger partial charge in [-0.3, -0.25) is 9.59 Å². The Labute approximate surface area is 165 Å². The number of amides is 2. The van der Waals surface area contributed by atoms with Gasteiger partial charge in [0.05, 0.1) is 0 Å². The highest BCUT2D eigenvalue weighted by Gasteiger charge is 2.35. The molecule has 3 fully saturated rings. The Morgan fingerprint density at radius 1 is 0.964 bits per heavy atom. The molecule has 0 radical (unpaired) electrons. The van der Waals surface area contributed by atoms with Gasteiger partial charge in [0.2, 0.25) is 11.0 Å². The molecule has 0 spiro atoms. The van der Waals surface area contributed by atoms with Crippen LogP contribution >= 0.6 is 0 Å². The van der Waals surface area contributed by atoms with Crippen LogP contribution in [0.15, 0.2) is 21.6 Å². The first kappa shape index (κ1) is 19.4. The van der Waals surface area contributed by atoms with Crippen molar-refractivity contribution < 1.29 is 22.4 Å². The van der Waals surface area contributed by atoms with Crippen molar-refractivity contribution in [3.63, 3.8) is 0 Å². The number of carbonyl (C=O) groups excluding carboxylic acids is 2. The molecule has 1 aromatic rings. The molecule has 0 unspecified atom stereocenters. The van der Waals surface area contributed by atoms with E-state index < -0.39 is 15.9 Å². The zero-order valence-corrected chi connectivity index (χ0v) is 16.7. The van der Waals surface area contributed by atoms with Crippen molar-refractivity contribution in [2.24, 2.45) is 5.92 Å². The number of hydrogen-bond acceptors (Lipinski definition) is 5. The summed E-state index contributed by atoms with van der Waals surface area (Å²) in [6.07, 6.45) is 6.11. The Balaban J connectivity index is 1.32. The molecule has 2 aliphatic heterocycles. The van der Waals surface area contributed by atoms with Gasteiger partial charge in [-0.05, 0) is 50.7 Å². The molecule has 1 saturated carbocycles. The van der Waals surface area contributed by atoms with Gasteiger partial charge < -0.3 is 14.6 Å². The third-order valence-corrected chi connectivity index (χ3v) is 7.56. The minimum Gasteiger partial charge on any atom is -0.438 e. The lowest BCUT2D eigenvalue weighted by molar-refractivity contribution is -0.133. The summed E-state index contributed by atoms with van der Waals surface area (Å²) < 4.78 is 32.1. The second-order valence-corrected chi connectivity index (χ2v) is 9.80. The molecule has 4 rings (SSSR count). The van der Waals surface area contributed by atoms with Crippen LogP contribution in [-0.2, 0) is 14.8 Å². The Hall–Kier alpha value is -1.87. The van der Waals surface area contributed by atoms with Crippen molar-refractivity contribution in [3.05, 3.63) is 17.9 Å². The number of nitrogens with zero attached hydrogens (tertiary/aromatic N) is 2. The van der Waals surface area contributed by atoms with Crippen molar-refractivity contribution >= 4 is 21.8 Å². The van der Waals surface area contributed by atoms with E-state index in [0.29, 0.717) is 39.0 Å². The van der Waals surface area contributed by atoms with E-state index in [1.54, 1.807) is 0 Å². The summed E-state index contributed by atoms with van der Waals surface area (Å²) in [7, 11) is -3.68. The molecule has 9 heteroatoms. The second kappa shape index (κ2) is 7.87. The van der Waals surface area contributed by atoms with Gasteiger partial charge in [-0.25, -0.2) is 8.42 Å². The maximum absolute atomic E-state index is 12.6. The van der Waals surface area contributed by atoms with Crippen molar-refractivity contribution in [2.75, 3.05) is 26.2 Å².